The van der Waals surface area contributed by atoms with Crippen molar-refractivity contribution in [2.75, 3.05) is 0 Å². The molecule has 3 unspecified atom stereocenters. The van der Waals surface area contributed by atoms with Crippen LogP contribution in [0.5, 0.6) is 0 Å². The van der Waals surface area contributed by atoms with Gasteiger partial charge in [0, 0.05) is 11.8 Å². The van der Waals surface area contributed by atoms with Crippen LogP contribution in [0, 0.1) is 39.9 Å². The van der Waals surface area contributed by atoms with Gasteiger partial charge in [-0.25, -0.2) is 0 Å². The molecule has 3 atom stereocenters. The third-order valence-corrected chi connectivity index (χ3v) is 3.49. The van der Waals surface area contributed by atoms with Crippen molar-refractivity contribution in [2.45, 2.75) is 33.1 Å². The molecule has 0 aromatic heterocycles. The van der Waals surface area contributed by atoms with E-state index >= 15 is 0 Å². The molecule has 12 heavy (non-hydrogen) atoms. The van der Waals surface area contributed by atoms with Gasteiger partial charge in [0.15, 0.2) is 0 Å². The third-order valence-electron chi connectivity index (χ3n) is 3.49. The minimum Gasteiger partial charge on any atom is -0.198 e. The zero-order chi connectivity index (χ0) is 9.19. The standard InChI is InChI=1S/C10H14N2/c1-8-3-4-10(8,5-6-11)9(2)7-12/h8-9H,3-5H2,1-2H3. The SMILES string of the molecule is CC(C#N)C1(CC#N)CCC1C. The Hall–Kier alpha value is -1.02. The van der Waals surface area contributed by atoms with E-state index in [1.54, 1.807) is 0 Å². The van der Waals surface area contributed by atoms with Crippen LogP contribution in [0.1, 0.15) is 33.1 Å². The molecule has 1 rings (SSSR count). The van der Waals surface area contributed by atoms with Crippen LogP contribution in [0.2, 0.25) is 0 Å². The molecule has 0 saturated heterocycles. The molecule has 0 radical (unpaired) electrons. The molecule has 1 aliphatic carbocycles. The first-order valence-electron chi connectivity index (χ1n) is 4.44. The Bertz CT molecular complexity index is 246. The summed E-state index contributed by atoms with van der Waals surface area (Å²) in [5.41, 5.74) is 0.0174. The topological polar surface area (TPSA) is 47.6 Å². The zero-order valence-electron chi connectivity index (χ0n) is 7.67. The summed E-state index contributed by atoms with van der Waals surface area (Å²) in [4.78, 5) is 0. The molecule has 0 aliphatic heterocycles. The lowest BCUT2D eigenvalue weighted by atomic mass is 9.54. The van der Waals surface area contributed by atoms with Crippen LogP contribution in [0.4, 0.5) is 0 Å². The maximum absolute atomic E-state index is 8.82. The molecule has 2 nitrogen and oxygen atoms in total. The lowest BCUT2D eigenvalue weighted by Crippen LogP contribution is -2.43. The minimum absolute atomic E-state index is 0.0174. The zero-order valence-corrected chi connectivity index (χ0v) is 7.67. The fourth-order valence-corrected chi connectivity index (χ4v) is 2.14. The molecule has 0 heterocycles. The Morgan fingerprint density at radius 2 is 2.25 bits per heavy atom. The first-order valence-corrected chi connectivity index (χ1v) is 4.44. The van der Waals surface area contributed by atoms with Gasteiger partial charge in [-0.3, -0.25) is 0 Å². The fourth-order valence-electron chi connectivity index (χ4n) is 2.14. The Balaban J connectivity index is 2.76. The van der Waals surface area contributed by atoms with Crippen molar-refractivity contribution in [3.05, 3.63) is 0 Å². The fraction of sp³-hybridized carbons (Fsp3) is 0.800. The molecule has 0 N–H and O–H groups in total. The van der Waals surface area contributed by atoms with E-state index in [1.165, 1.54) is 6.42 Å². The average Bonchev–Trinajstić information content (AvgIpc) is 2.10. The number of nitriles is 2. The second-order valence-corrected chi connectivity index (χ2v) is 3.86. The second-order valence-electron chi connectivity index (χ2n) is 3.86. The first-order chi connectivity index (χ1) is 5.67. The molecule has 1 aliphatic rings. The third kappa shape index (κ3) is 1.08. The van der Waals surface area contributed by atoms with Gasteiger partial charge in [0.25, 0.3) is 0 Å². The predicted octanol–water partition coefficient (Wildman–Crippen LogP) is 2.48. The summed E-state index contributed by atoms with van der Waals surface area (Å²) < 4.78 is 0. The molecular formula is C10H14N2. The van der Waals surface area contributed by atoms with Crippen molar-refractivity contribution in [2.24, 2.45) is 17.3 Å². The highest BCUT2D eigenvalue weighted by Gasteiger charge is 2.47. The van der Waals surface area contributed by atoms with Crippen molar-refractivity contribution in [1.82, 2.24) is 0 Å². The molecule has 0 amide bonds. The quantitative estimate of drug-likeness (QED) is 0.626. The van der Waals surface area contributed by atoms with Crippen molar-refractivity contribution in [3.8, 4) is 12.1 Å². The van der Waals surface area contributed by atoms with Gasteiger partial charge in [-0.2, -0.15) is 10.5 Å². The van der Waals surface area contributed by atoms with Crippen LogP contribution in [0.25, 0.3) is 0 Å². The molecule has 0 spiro atoms. The maximum atomic E-state index is 8.82. The number of nitrogens with zero attached hydrogens (tertiary/aromatic N) is 2. The van der Waals surface area contributed by atoms with E-state index < -0.39 is 0 Å². The molecule has 2 heteroatoms. The molecule has 1 saturated carbocycles. The number of hydrogen-bond acceptors (Lipinski definition) is 2. The van der Waals surface area contributed by atoms with Gasteiger partial charge < -0.3 is 0 Å². The number of hydrogen-bond donors (Lipinski definition) is 0. The summed E-state index contributed by atoms with van der Waals surface area (Å²) in [6.45, 7) is 4.08. The van der Waals surface area contributed by atoms with Crippen molar-refractivity contribution in [1.29, 1.82) is 10.5 Å². The summed E-state index contributed by atoms with van der Waals surface area (Å²) in [5.74, 6) is 0.577. The highest BCUT2D eigenvalue weighted by molar-refractivity contribution is 5.07. The largest absolute Gasteiger partial charge is 0.198 e. The summed E-state index contributed by atoms with van der Waals surface area (Å²) in [7, 11) is 0. The summed E-state index contributed by atoms with van der Waals surface area (Å²) in [6.07, 6.45) is 2.77. The van der Waals surface area contributed by atoms with Gasteiger partial charge in [0.1, 0.15) is 0 Å². The Morgan fingerprint density at radius 1 is 1.58 bits per heavy atom. The van der Waals surface area contributed by atoms with Gasteiger partial charge in [-0.05, 0) is 25.7 Å². The van der Waals surface area contributed by atoms with E-state index in [1.807, 2.05) is 6.92 Å². The summed E-state index contributed by atoms with van der Waals surface area (Å²) in [6, 6.07) is 4.48. The van der Waals surface area contributed by atoms with Crippen LogP contribution in [0.15, 0.2) is 0 Å². The Labute approximate surface area is 73.8 Å². The summed E-state index contributed by atoms with van der Waals surface area (Å²) >= 11 is 0. The number of rotatable bonds is 2. The smallest absolute Gasteiger partial charge is 0.0659 e. The second kappa shape index (κ2) is 3.15. The minimum atomic E-state index is 0.0174. The van der Waals surface area contributed by atoms with Crippen molar-refractivity contribution >= 4 is 0 Å². The van der Waals surface area contributed by atoms with Gasteiger partial charge >= 0.3 is 0 Å². The van der Waals surface area contributed by atoms with E-state index in [0.29, 0.717) is 12.3 Å². The van der Waals surface area contributed by atoms with Gasteiger partial charge in [0.2, 0.25) is 0 Å². The predicted molar refractivity (Wildman–Crippen MR) is 45.8 cm³/mol. The summed E-state index contributed by atoms with van der Waals surface area (Å²) in [5, 5.41) is 17.5. The van der Waals surface area contributed by atoms with E-state index in [2.05, 4.69) is 19.1 Å². The molecule has 0 aromatic carbocycles. The van der Waals surface area contributed by atoms with Gasteiger partial charge in [-0.1, -0.05) is 6.92 Å². The van der Waals surface area contributed by atoms with E-state index in [-0.39, 0.29) is 11.3 Å². The van der Waals surface area contributed by atoms with E-state index in [4.69, 9.17) is 10.5 Å². The van der Waals surface area contributed by atoms with Crippen LogP contribution < -0.4 is 0 Å². The van der Waals surface area contributed by atoms with Crippen LogP contribution >= 0.6 is 0 Å². The molecule has 1 fully saturated rings. The molecule has 0 aromatic rings. The monoisotopic (exact) mass is 162 g/mol. The first kappa shape index (κ1) is 9.07. The maximum Gasteiger partial charge on any atom is 0.0659 e. The van der Waals surface area contributed by atoms with Gasteiger partial charge in [0.05, 0.1) is 18.1 Å². The van der Waals surface area contributed by atoms with Crippen molar-refractivity contribution < 1.29 is 0 Å². The van der Waals surface area contributed by atoms with Crippen LogP contribution in [-0.4, -0.2) is 0 Å². The Morgan fingerprint density at radius 3 is 2.50 bits per heavy atom. The normalized spacial score (nSPS) is 35.8. The highest BCUT2D eigenvalue weighted by Crippen LogP contribution is 2.53. The Kier molecular flexibility index (Phi) is 2.38. The van der Waals surface area contributed by atoms with E-state index in [0.717, 1.165) is 6.42 Å². The van der Waals surface area contributed by atoms with E-state index in [9.17, 15) is 0 Å². The lowest BCUT2D eigenvalue weighted by Gasteiger charge is -2.48. The van der Waals surface area contributed by atoms with Gasteiger partial charge in [-0.15, -0.1) is 0 Å². The molecule has 64 valence electrons. The van der Waals surface area contributed by atoms with Crippen LogP contribution in [-0.2, 0) is 0 Å². The van der Waals surface area contributed by atoms with Crippen LogP contribution in [0.3, 0.4) is 0 Å². The highest BCUT2D eigenvalue weighted by atomic mass is 14.5. The molecular weight excluding hydrogens is 148 g/mol. The lowest BCUT2D eigenvalue weighted by molar-refractivity contribution is 0.0127. The average molecular weight is 162 g/mol. The van der Waals surface area contributed by atoms with Crippen molar-refractivity contribution in [3.63, 3.8) is 0 Å². The molecule has 0 bridgehead atoms.